The Hall–Kier alpha value is -3.33. The van der Waals surface area contributed by atoms with Crippen molar-refractivity contribution in [3.8, 4) is 0 Å². The Morgan fingerprint density at radius 1 is 1.13 bits per heavy atom. The first-order chi connectivity index (χ1) is 15.1. The van der Waals surface area contributed by atoms with E-state index in [1.54, 1.807) is 5.38 Å². The lowest BCUT2D eigenvalue weighted by molar-refractivity contribution is -0.121. The highest BCUT2D eigenvalue weighted by molar-refractivity contribution is 7.13. The van der Waals surface area contributed by atoms with Crippen molar-refractivity contribution in [2.75, 3.05) is 11.4 Å². The largest absolute Gasteiger partial charge is 0.445 e. The quantitative estimate of drug-likeness (QED) is 0.564. The van der Waals surface area contributed by atoms with E-state index in [0.717, 1.165) is 33.9 Å². The van der Waals surface area contributed by atoms with E-state index in [0.29, 0.717) is 19.4 Å². The smallest absolute Gasteiger partial charge is 0.410 e. The van der Waals surface area contributed by atoms with E-state index in [4.69, 9.17) is 4.74 Å². The Morgan fingerprint density at radius 3 is 2.55 bits per heavy atom. The molecule has 0 N–H and O–H groups in total. The number of thiazole rings is 1. The fraction of sp³-hybridized carbons (Fsp3) is 0.227. The minimum absolute atomic E-state index is 0.0647. The number of benzene rings is 2. The monoisotopic (exact) mass is 443 g/mol. The van der Waals surface area contributed by atoms with Crippen LogP contribution in [0.5, 0.6) is 0 Å². The van der Waals surface area contributed by atoms with Crippen molar-refractivity contribution in [1.29, 1.82) is 0 Å². The van der Waals surface area contributed by atoms with Gasteiger partial charge >= 0.3 is 6.09 Å². The van der Waals surface area contributed by atoms with Gasteiger partial charge in [0.1, 0.15) is 30.0 Å². The second-order valence-corrected chi connectivity index (χ2v) is 7.82. The molecule has 1 fully saturated rings. The highest BCUT2D eigenvalue weighted by atomic mass is 32.1. The molecule has 1 aromatic heterocycles. The third kappa shape index (κ3) is 4.41. The molecule has 2 aromatic carbocycles. The predicted octanol–water partition coefficient (Wildman–Crippen LogP) is 4.89. The maximum Gasteiger partial charge on any atom is 0.410 e. The van der Waals surface area contributed by atoms with Gasteiger partial charge in [-0.1, -0.05) is 36.4 Å². The number of rotatable bonds is 5. The number of carbonyl (C=O) groups is 2. The van der Waals surface area contributed by atoms with Crippen molar-refractivity contribution >= 4 is 34.2 Å². The molecule has 1 atom stereocenters. The summed E-state index contributed by atoms with van der Waals surface area (Å²) in [6.07, 6.45) is 1.73. The Kier molecular flexibility index (Phi) is 6.22. The topological polar surface area (TPSA) is 62.7 Å². The fourth-order valence-electron chi connectivity index (χ4n) is 3.52. The van der Waals surface area contributed by atoms with Crippen LogP contribution < -0.4 is 4.90 Å². The van der Waals surface area contributed by atoms with Gasteiger partial charge in [0.25, 0.3) is 5.91 Å². The number of hydrogen-bond donors (Lipinski definition) is 0. The summed E-state index contributed by atoms with van der Waals surface area (Å²) in [5.74, 6) is -2.41. The minimum Gasteiger partial charge on any atom is -0.445 e. The van der Waals surface area contributed by atoms with Gasteiger partial charge in [-0.25, -0.2) is 23.5 Å². The standard InChI is InChI=1S/C22H19F2N3O3S/c23-16-8-4-9-17(24)19(16)27(21-25-11-13-31-21)20(28)18-10-5-12-26(18)22(29)30-14-15-6-2-1-3-7-15/h1-4,6-9,11,13,18H,5,10,12,14H2. The van der Waals surface area contributed by atoms with E-state index < -0.39 is 35.4 Å². The van der Waals surface area contributed by atoms with Gasteiger partial charge in [-0.15, -0.1) is 11.3 Å². The number of aromatic nitrogens is 1. The SMILES string of the molecule is O=C(C1CCCN1C(=O)OCc1ccccc1)N(c1nccs1)c1c(F)cccc1F. The van der Waals surface area contributed by atoms with Crippen LogP contribution in [-0.4, -0.2) is 34.5 Å². The highest BCUT2D eigenvalue weighted by Crippen LogP contribution is 2.34. The van der Waals surface area contributed by atoms with Crippen LogP contribution in [0, 0.1) is 11.6 Å². The molecule has 2 amide bonds. The number of ether oxygens (including phenoxy) is 1. The number of hydrogen-bond acceptors (Lipinski definition) is 5. The second kappa shape index (κ2) is 9.22. The average Bonchev–Trinajstić information content (AvgIpc) is 3.47. The van der Waals surface area contributed by atoms with Crippen molar-refractivity contribution in [2.45, 2.75) is 25.5 Å². The van der Waals surface area contributed by atoms with Crippen LogP contribution in [0.1, 0.15) is 18.4 Å². The van der Waals surface area contributed by atoms with Crippen LogP contribution in [0.4, 0.5) is 24.4 Å². The Bertz CT molecular complexity index is 1040. The van der Waals surface area contributed by atoms with Gasteiger partial charge < -0.3 is 4.74 Å². The molecule has 0 bridgehead atoms. The molecule has 9 heteroatoms. The normalized spacial score (nSPS) is 15.7. The molecule has 0 saturated carbocycles. The summed E-state index contributed by atoms with van der Waals surface area (Å²) < 4.78 is 34.5. The zero-order valence-corrected chi connectivity index (χ0v) is 17.2. The predicted molar refractivity (Wildman–Crippen MR) is 112 cm³/mol. The number of halogens is 2. The maximum atomic E-state index is 14.5. The van der Waals surface area contributed by atoms with Crippen LogP contribution in [0.25, 0.3) is 0 Å². The molecule has 1 unspecified atom stereocenters. The van der Waals surface area contributed by atoms with Gasteiger partial charge in [-0.3, -0.25) is 9.69 Å². The van der Waals surface area contributed by atoms with E-state index in [1.807, 2.05) is 30.3 Å². The zero-order valence-electron chi connectivity index (χ0n) is 16.4. The fourth-order valence-corrected chi connectivity index (χ4v) is 4.17. The molecular formula is C22H19F2N3O3S. The third-order valence-electron chi connectivity index (χ3n) is 4.97. The van der Waals surface area contributed by atoms with Crippen LogP contribution in [0.3, 0.4) is 0 Å². The van der Waals surface area contributed by atoms with Crippen LogP contribution >= 0.6 is 11.3 Å². The lowest BCUT2D eigenvalue weighted by Gasteiger charge is -2.28. The van der Waals surface area contributed by atoms with E-state index in [1.165, 1.54) is 17.2 Å². The van der Waals surface area contributed by atoms with Gasteiger partial charge in [0, 0.05) is 18.1 Å². The summed E-state index contributed by atoms with van der Waals surface area (Å²) in [6, 6.07) is 11.6. The molecule has 1 saturated heterocycles. The third-order valence-corrected chi connectivity index (χ3v) is 5.73. The average molecular weight is 443 g/mol. The maximum absolute atomic E-state index is 14.5. The van der Waals surface area contributed by atoms with Crippen LogP contribution in [-0.2, 0) is 16.1 Å². The number of anilines is 2. The van der Waals surface area contributed by atoms with Crippen molar-refractivity contribution in [3.63, 3.8) is 0 Å². The first-order valence-electron chi connectivity index (χ1n) is 9.71. The van der Waals surface area contributed by atoms with Gasteiger partial charge in [0.2, 0.25) is 0 Å². The number of para-hydroxylation sites is 1. The number of likely N-dealkylation sites (tertiary alicyclic amines) is 1. The van der Waals surface area contributed by atoms with Gasteiger partial charge in [-0.05, 0) is 30.5 Å². The van der Waals surface area contributed by atoms with E-state index in [2.05, 4.69) is 4.98 Å². The van der Waals surface area contributed by atoms with Crippen molar-refractivity contribution in [1.82, 2.24) is 9.88 Å². The minimum atomic E-state index is -0.911. The summed E-state index contributed by atoms with van der Waals surface area (Å²) in [5, 5.41) is 1.73. The van der Waals surface area contributed by atoms with Gasteiger partial charge in [0.05, 0.1) is 0 Å². The number of nitrogens with zero attached hydrogens (tertiary/aromatic N) is 3. The molecule has 1 aliphatic rings. The molecule has 6 nitrogen and oxygen atoms in total. The molecule has 0 spiro atoms. The highest BCUT2D eigenvalue weighted by Gasteiger charge is 2.40. The Balaban J connectivity index is 1.58. The van der Waals surface area contributed by atoms with Crippen molar-refractivity contribution < 1.29 is 23.1 Å². The van der Waals surface area contributed by atoms with Crippen molar-refractivity contribution in [2.24, 2.45) is 0 Å². The number of carbonyl (C=O) groups excluding carboxylic acids is 2. The molecule has 4 rings (SSSR count). The molecule has 0 radical (unpaired) electrons. The summed E-state index contributed by atoms with van der Waals surface area (Å²) in [4.78, 5) is 32.4. The summed E-state index contributed by atoms with van der Waals surface area (Å²) in [6.45, 7) is 0.380. The molecule has 160 valence electrons. The first kappa shape index (κ1) is 20.9. The van der Waals surface area contributed by atoms with Gasteiger partial charge in [-0.2, -0.15) is 0 Å². The molecule has 0 aliphatic carbocycles. The molecule has 31 heavy (non-hydrogen) atoms. The first-order valence-corrected chi connectivity index (χ1v) is 10.6. The summed E-state index contributed by atoms with van der Waals surface area (Å²) >= 11 is 1.07. The molecular weight excluding hydrogens is 424 g/mol. The Labute approximate surface area is 181 Å². The summed E-state index contributed by atoms with van der Waals surface area (Å²) in [5.41, 5.74) is 0.308. The van der Waals surface area contributed by atoms with Crippen molar-refractivity contribution in [3.05, 3.63) is 77.3 Å². The van der Waals surface area contributed by atoms with Crippen LogP contribution in [0.15, 0.2) is 60.1 Å². The number of amides is 2. The molecule has 3 aromatic rings. The van der Waals surface area contributed by atoms with E-state index >= 15 is 0 Å². The molecule has 1 aliphatic heterocycles. The zero-order chi connectivity index (χ0) is 21.8. The van der Waals surface area contributed by atoms with E-state index in [-0.39, 0.29) is 11.7 Å². The van der Waals surface area contributed by atoms with Gasteiger partial charge in [0.15, 0.2) is 5.13 Å². The second-order valence-electron chi connectivity index (χ2n) is 6.95. The lowest BCUT2D eigenvalue weighted by Crippen LogP contribution is -2.47. The van der Waals surface area contributed by atoms with Crippen LogP contribution in [0.2, 0.25) is 0 Å². The lowest BCUT2D eigenvalue weighted by atomic mass is 10.1. The Morgan fingerprint density at radius 2 is 1.87 bits per heavy atom. The molecule has 2 heterocycles. The van der Waals surface area contributed by atoms with E-state index in [9.17, 15) is 18.4 Å². The summed E-state index contributed by atoms with van der Waals surface area (Å²) in [7, 11) is 0.